The van der Waals surface area contributed by atoms with Crippen molar-refractivity contribution in [2.24, 2.45) is 0 Å². The number of aryl methyl sites for hydroxylation is 2. The number of aromatic nitrogens is 2. The van der Waals surface area contributed by atoms with Crippen LogP contribution in [0.5, 0.6) is 0 Å². The van der Waals surface area contributed by atoms with E-state index in [9.17, 15) is 0 Å². The number of rotatable bonds is 5. The zero-order valence-corrected chi connectivity index (χ0v) is 11.9. The molecule has 3 aromatic rings. The molecule has 2 aromatic carbocycles. The number of nitrogens with zero attached hydrogens (tertiary/aromatic N) is 2. The maximum Gasteiger partial charge on any atom is 0.257 e. The predicted molar refractivity (Wildman–Crippen MR) is 83.1 cm³/mol. The lowest BCUT2D eigenvalue weighted by atomic mass is 10.1. The van der Waals surface area contributed by atoms with Crippen LogP contribution in [-0.2, 0) is 12.8 Å². The van der Waals surface area contributed by atoms with Crippen LogP contribution in [-0.4, -0.2) is 17.2 Å². The van der Waals surface area contributed by atoms with Crippen molar-refractivity contribution in [3.05, 3.63) is 66.0 Å². The van der Waals surface area contributed by atoms with Crippen molar-refractivity contribution >= 4 is 5.69 Å². The van der Waals surface area contributed by atoms with Gasteiger partial charge >= 0.3 is 0 Å². The SMILES string of the molecule is CNc1ccc(-c2nc(CCc3ccccc3)no2)cc1. The normalized spacial score (nSPS) is 10.5. The first-order valence-corrected chi connectivity index (χ1v) is 7.00. The third-order valence-corrected chi connectivity index (χ3v) is 3.37. The molecule has 0 bridgehead atoms. The molecule has 21 heavy (non-hydrogen) atoms. The summed E-state index contributed by atoms with van der Waals surface area (Å²) in [6.07, 6.45) is 1.70. The van der Waals surface area contributed by atoms with Gasteiger partial charge in [-0.2, -0.15) is 4.98 Å². The van der Waals surface area contributed by atoms with Crippen molar-refractivity contribution in [1.82, 2.24) is 10.1 Å². The minimum atomic E-state index is 0.570. The fraction of sp³-hybridized carbons (Fsp3) is 0.176. The molecule has 4 heteroatoms. The zero-order chi connectivity index (χ0) is 14.5. The Labute approximate surface area is 123 Å². The van der Waals surface area contributed by atoms with Gasteiger partial charge in [0.2, 0.25) is 0 Å². The van der Waals surface area contributed by atoms with Crippen LogP contribution in [0.2, 0.25) is 0 Å². The summed E-state index contributed by atoms with van der Waals surface area (Å²) >= 11 is 0. The molecule has 0 fully saturated rings. The molecule has 1 aromatic heterocycles. The van der Waals surface area contributed by atoms with E-state index in [2.05, 4.69) is 27.6 Å². The van der Waals surface area contributed by atoms with Crippen LogP contribution in [0.15, 0.2) is 59.1 Å². The van der Waals surface area contributed by atoms with Gasteiger partial charge in [0.1, 0.15) is 0 Å². The van der Waals surface area contributed by atoms with E-state index in [1.807, 2.05) is 49.5 Å². The Morgan fingerprint density at radius 3 is 2.43 bits per heavy atom. The van der Waals surface area contributed by atoms with Crippen LogP contribution in [0.3, 0.4) is 0 Å². The van der Waals surface area contributed by atoms with Gasteiger partial charge in [0.15, 0.2) is 5.82 Å². The maximum absolute atomic E-state index is 5.33. The standard InChI is InChI=1S/C17H17N3O/c1-18-15-10-8-14(9-11-15)17-19-16(20-21-17)12-7-13-5-3-2-4-6-13/h2-6,8-11,18H,7,12H2,1H3. The molecule has 0 atom stereocenters. The van der Waals surface area contributed by atoms with Gasteiger partial charge in [-0.1, -0.05) is 35.5 Å². The van der Waals surface area contributed by atoms with Crippen molar-refractivity contribution in [3.8, 4) is 11.5 Å². The summed E-state index contributed by atoms with van der Waals surface area (Å²) in [7, 11) is 1.89. The van der Waals surface area contributed by atoms with E-state index in [1.54, 1.807) is 0 Å². The number of nitrogens with one attached hydrogen (secondary N) is 1. The number of hydrogen-bond acceptors (Lipinski definition) is 4. The Kier molecular flexibility index (Phi) is 3.96. The fourth-order valence-electron chi connectivity index (χ4n) is 2.15. The predicted octanol–water partition coefficient (Wildman–Crippen LogP) is 3.56. The quantitative estimate of drug-likeness (QED) is 0.775. The van der Waals surface area contributed by atoms with Crippen LogP contribution in [0.4, 0.5) is 5.69 Å². The van der Waals surface area contributed by atoms with Gasteiger partial charge < -0.3 is 9.84 Å². The topological polar surface area (TPSA) is 51.0 Å². The highest BCUT2D eigenvalue weighted by Gasteiger charge is 2.08. The summed E-state index contributed by atoms with van der Waals surface area (Å²) in [4.78, 5) is 4.45. The Bertz CT molecular complexity index is 690. The molecule has 0 spiro atoms. The Morgan fingerprint density at radius 2 is 1.71 bits per heavy atom. The van der Waals surface area contributed by atoms with Gasteiger partial charge in [-0.3, -0.25) is 0 Å². The second kappa shape index (κ2) is 6.22. The fourth-order valence-corrected chi connectivity index (χ4v) is 2.15. The van der Waals surface area contributed by atoms with Gasteiger partial charge in [0, 0.05) is 24.7 Å². The zero-order valence-electron chi connectivity index (χ0n) is 11.9. The third-order valence-electron chi connectivity index (χ3n) is 3.37. The van der Waals surface area contributed by atoms with Crippen molar-refractivity contribution in [1.29, 1.82) is 0 Å². The molecule has 0 amide bonds. The van der Waals surface area contributed by atoms with E-state index in [0.717, 1.165) is 29.9 Å². The van der Waals surface area contributed by atoms with Gasteiger partial charge in [-0.25, -0.2) is 0 Å². The number of hydrogen-bond donors (Lipinski definition) is 1. The molecular formula is C17H17N3O. The maximum atomic E-state index is 5.33. The first-order chi connectivity index (χ1) is 10.3. The second-order valence-corrected chi connectivity index (χ2v) is 4.83. The van der Waals surface area contributed by atoms with Crippen molar-refractivity contribution in [2.75, 3.05) is 12.4 Å². The van der Waals surface area contributed by atoms with E-state index in [4.69, 9.17) is 4.52 Å². The molecule has 1 N–H and O–H groups in total. The van der Waals surface area contributed by atoms with Gasteiger partial charge in [0.05, 0.1) is 0 Å². The smallest absolute Gasteiger partial charge is 0.257 e. The summed E-state index contributed by atoms with van der Waals surface area (Å²) in [5, 5.41) is 7.13. The molecule has 106 valence electrons. The minimum Gasteiger partial charge on any atom is -0.388 e. The molecule has 3 rings (SSSR count). The summed E-state index contributed by atoms with van der Waals surface area (Å²) in [6.45, 7) is 0. The summed E-state index contributed by atoms with van der Waals surface area (Å²) in [6, 6.07) is 18.2. The van der Waals surface area contributed by atoms with Crippen LogP contribution in [0, 0.1) is 0 Å². The average molecular weight is 279 g/mol. The van der Waals surface area contributed by atoms with Gasteiger partial charge in [0.25, 0.3) is 5.89 Å². The van der Waals surface area contributed by atoms with Crippen molar-refractivity contribution in [3.63, 3.8) is 0 Å². The second-order valence-electron chi connectivity index (χ2n) is 4.83. The van der Waals surface area contributed by atoms with E-state index in [1.165, 1.54) is 5.56 Å². The van der Waals surface area contributed by atoms with Crippen molar-refractivity contribution in [2.45, 2.75) is 12.8 Å². The molecule has 0 unspecified atom stereocenters. The van der Waals surface area contributed by atoms with E-state index >= 15 is 0 Å². The number of anilines is 1. The molecule has 1 heterocycles. The molecule has 0 aliphatic carbocycles. The molecular weight excluding hydrogens is 262 g/mol. The third kappa shape index (κ3) is 3.28. The average Bonchev–Trinajstić information content (AvgIpc) is 3.03. The van der Waals surface area contributed by atoms with E-state index < -0.39 is 0 Å². The Hall–Kier alpha value is -2.62. The van der Waals surface area contributed by atoms with Crippen LogP contribution >= 0.6 is 0 Å². The van der Waals surface area contributed by atoms with E-state index in [-0.39, 0.29) is 0 Å². The molecule has 4 nitrogen and oxygen atoms in total. The van der Waals surface area contributed by atoms with Gasteiger partial charge in [-0.15, -0.1) is 0 Å². The summed E-state index contributed by atoms with van der Waals surface area (Å²) in [5.41, 5.74) is 3.28. The van der Waals surface area contributed by atoms with E-state index in [0.29, 0.717) is 5.89 Å². The number of benzene rings is 2. The highest BCUT2D eigenvalue weighted by Crippen LogP contribution is 2.19. The van der Waals surface area contributed by atoms with Crippen LogP contribution in [0.25, 0.3) is 11.5 Å². The monoisotopic (exact) mass is 279 g/mol. The minimum absolute atomic E-state index is 0.570. The molecule has 0 aliphatic rings. The summed E-state index contributed by atoms with van der Waals surface area (Å²) in [5.74, 6) is 1.31. The van der Waals surface area contributed by atoms with Crippen LogP contribution in [0.1, 0.15) is 11.4 Å². The summed E-state index contributed by atoms with van der Waals surface area (Å²) < 4.78 is 5.33. The lowest BCUT2D eigenvalue weighted by Gasteiger charge is -1.99. The Balaban J connectivity index is 1.68. The lowest BCUT2D eigenvalue weighted by Crippen LogP contribution is -1.93. The molecule has 0 saturated carbocycles. The van der Waals surface area contributed by atoms with Gasteiger partial charge in [-0.05, 0) is 36.2 Å². The molecule has 0 saturated heterocycles. The molecule has 0 aliphatic heterocycles. The first-order valence-electron chi connectivity index (χ1n) is 7.00. The molecule has 0 radical (unpaired) electrons. The Morgan fingerprint density at radius 1 is 0.952 bits per heavy atom. The van der Waals surface area contributed by atoms with Crippen LogP contribution < -0.4 is 5.32 Å². The lowest BCUT2D eigenvalue weighted by molar-refractivity contribution is 0.422. The highest BCUT2D eigenvalue weighted by molar-refractivity contribution is 5.58. The largest absolute Gasteiger partial charge is 0.388 e. The highest BCUT2D eigenvalue weighted by atomic mass is 16.5. The van der Waals surface area contributed by atoms with Crippen molar-refractivity contribution < 1.29 is 4.52 Å². The first kappa shape index (κ1) is 13.4.